The average molecular weight is 541 g/mol. The lowest BCUT2D eigenvalue weighted by atomic mass is 9.90. The van der Waals surface area contributed by atoms with Gasteiger partial charge in [0.25, 0.3) is 0 Å². The third-order valence-corrected chi connectivity index (χ3v) is 5.92. The number of nitrogens with one attached hydrogen (secondary N) is 2. The third kappa shape index (κ3) is 9.54. The van der Waals surface area contributed by atoms with E-state index in [2.05, 4.69) is 41.4 Å². The summed E-state index contributed by atoms with van der Waals surface area (Å²) in [5.74, 6) is 0.996. The van der Waals surface area contributed by atoms with Gasteiger partial charge in [-0.15, -0.1) is 24.0 Å². The van der Waals surface area contributed by atoms with Crippen molar-refractivity contribution < 1.29 is 8.42 Å². The summed E-state index contributed by atoms with van der Waals surface area (Å²) in [4.78, 5) is 7.10. The molecule has 1 aromatic rings. The number of sulfone groups is 1. The van der Waals surface area contributed by atoms with E-state index < -0.39 is 9.84 Å². The molecule has 168 valence electrons. The first-order valence-electron chi connectivity index (χ1n) is 10.0. The number of halogens is 1. The third-order valence-electron chi connectivity index (χ3n) is 4.98. The average Bonchev–Trinajstić information content (AvgIpc) is 3.05. The van der Waals surface area contributed by atoms with E-state index in [0.29, 0.717) is 19.0 Å². The summed E-state index contributed by atoms with van der Waals surface area (Å²) in [5, 5.41) is 11.2. The van der Waals surface area contributed by atoms with Crippen molar-refractivity contribution in [3.8, 4) is 0 Å². The highest BCUT2D eigenvalue weighted by molar-refractivity contribution is 14.0. The van der Waals surface area contributed by atoms with Gasteiger partial charge in [0.1, 0.15) is 9.84 Å². The molecule has 0 amide bonds. The molecular formula is C19H37IN6O2S. The second-order valence-electron chi connectivity index (χ2n) is 8.54. The summed E-state index contributed by atoms with van der Waals surface area (Å²) in [6, 6.07) is 0.311. The predicted octanol–water partition coefficient (Wildman–Crippen LogP) is 2.02. The zero-order chi connectivity index (χ0) is 20.8. The van der Waals surface area contributed by atoms with Gasteiger partial charge in [0.2, 0.25) is 0 Å². The van der Waals surface area contributed by atoms with Crippen molar-refractivity contribution in [3.05, 3.63) is 12.4 Å². The quantitative estimate of drug-likeness (QED) is 0.298. The van der Waals surface area contributed by atoms with Crippen LogP contribution in [0.5, 0.6) is 0 Å². The first-order valence-corrected chi connectivity index (χ1v) is 12.1. The van der Waals surface area contributed by atoms with Crippen molar-refractivity contribution in [2.45, 2.75) is 46.1 Å². The zero-order valence-electron chi connectivity index (χ0n) is 18.3. The molecule has 0 aromatic carbocycles. The monoisotopic (exact) mass is 540 g/mol. The molecule has 1 atom stereocenters. The maximum Gasteiger partial charge on any atom is 0.191 e. The predicted molar refractivity (Wildman–Crippen MR) is 131 cm³/mol. The number of aryl methyl sites for hydroxylation is 1. The van der Waals surface area contributed by atoms with Gasteiger partial charge in [0.15, 0.2) is 5.96 Å². The molecule has 0 bridgehead atoms. The van der Waals surface area contributed by atoms with Crippen LogP contribution in [0.4, 0.5) is 5.69 Å². The standard InChI is InChI=1S/C19H36N6O2S.HI/c1-6-20-18(21-15-19(2,3)9-11-28(5,26)27)23-16-8-7-10-25(13-16)17-12-22-24(4)14-17;/h12,14,16H,6-11,13,15H2,1-5H3,(H2,20,21,23);1H. The number of nitrogens with zero attached hydrogens (tertiary/aromatic N) is 4. The fourth-order valence-corrected chi connectivity index (χ4v) is 4.17. The number of aromatic nitrogens is 2. The number of hydrogen-bond donors (Lipinski definition) is 2. The first-order chi connectivity index (χ1) is 13.1. The van der Waals surface area contributed by atoms with E-state index >= 15 is 0 Å². The minimum Gasteiger partial charge on any atom is -0.367 e. The van der Waals surface area contributed by atoms with Gasteiger partial charge in [-0.25, -0.2) is 8.42 Å². The van der Waals surface area contributed by atoms with E-state index in [1.165, 1.54) is 6.26 Å². The van der Waals surface area contributed by atoms with E-state index in [-0.39, 0.29) is 35.1 Å². The molecule has 0 aliphatic carbocycles. The topological polar surface area (TPSA) is 91.6 Å². The Morgan fingerprint density at radius 2 is 2.14 bits per heavy atom. The lowest BCUT2D eigenvalue weighted by Crippen LogP contribution is -2.51. The van der Waals surface area contributed by atoms with E-state index in [0.717, 1.165) is 44.1 Å². The van der Waals surface area contributed by atoms with Crippen molar-refractivity contribution in [3.63, 3.8) is 0 Å². The van der Waals surface area contributed by atoms with Crippen LogP contribution in [0.25, 0.3) is 0 Å². The Morgan fingerprint density at radius 1 is 1.41 bits per heavy atom. The Hall–Kier alpha value is -1.04. The molecule has 0 saturated carbocycles. The van der Waals surface area contributed by atoms with Gasteiger partial charge in [-0.1, -0.05) is 13.8 Å². The smallest absolute Gasteiger partial charge is 0.191 e. The van der Waals surface area contributed by atoms with Crippen LogP contribution in [0.1, 0.15) is 40.0 Å². The van der Waals surface area contributed by atoms with Crippen LogP contribution in [0.2, 0.25) is 0 Å². The number of guanidine groups is 1. The van der Waals surface area contributed by atoms with Crippen LogP contribution < -0.4 is 15.5 Å². The SMILES string of the molecule is CCNC(=NCC(C)(C)CCS(C)(=O)=O)NC1CCCN(c2cnn(C)c2)C1.I. The molecule has 8 nitrogen and oxygen atoms in total. The molecule has 10 heteroatoms. The van der Waals surface area contributed by atoms with Crippen LogP contribution in [0, 0.1) is 5.41 Å². The molecule has 0 spiro atoms. The van der Waals surface area contributed by atoms with Crippen LogP contribution in [-0.2, 0) is 16.9 Å². The lowest BCUT2D eigenvalue weighted by molar-refractivity contribution is 0.364. The van der Waals surface area contributed by atoms with Gasteiger partial charge in [0.05, 0.1) is 17.6 Å². The van der Waals surface area contributed by atoms with Gasteiger partial charge in [-0.2, -0.15) is 5.10 Å². The van der Waals surface area contributed by atoms with Crippen molar-refractivity contribution in [1.29, 1.82) is 0 Å². The van der Waals surface area contributed by atoms with Crippen molar-refractivity contribution in [1.82, 2.24) is 20.4 Å². The minimum atomic E-state index is -2.95. The largest absolute Gasteiger partial charge is 0.367 e. The van der Waals surface area contributed by atoms with Crippen LogP contribution >= 0.6 is 24.0 Å². The lowest BCUT2D eigenvalue weighted by Gasteiger charge is -2.34. The van der Waals surface area contributed by atoms with E-state index in [4.69, 9.17) is 4.99 Å². The summed E-state index contributed by atoms with van der Waals surface area (Å²) in [7, 11) is -1.02. The Morgan fingerprint density at radius 3 is 2.72 bits per heavy atom. The molecule has 1 fully saturated rings. The fraction of sp³-hybridized carbons (Fsp3) is 0.789. The highest BCUT2D eigenvalue weighted by atomic mass is 127. The molecule has 2 rings (SSSR count). The molecule has 1 aliphatic heterocycles. The van der Waals surface area contributed by atoms with Gasteiger partial charge in [-0.05, 0) is 31.6 Å². The van der Waals surface area contributed by atoms with Crippen LogP contribution in [0.15, 0.2) is 17.4 Å². The minimum absolute atomic E-state index is 0. The van der Waals surface area contributed by atoms with Gasteiger partial charge in [0, 0.05) is 51.7 Å². The molecule has 1 aromatic heterocycles. The normalized spacial score (nSPS) is 18.3. The van der Waals surface area contributed by atoms with E-state index in [1.807, 2.05) is 24.1 Å². The van der Waals surface area contributed by atoms with Gasteiger partial charge >= 0.3 is 0 Å². The molecular weight excluding hydrogens is 503 g/mol. The highest BCUT2D eigenvalue weighted by Gasteiger charge is 2.23. The highest BCUT2D eigenvalue weighted by Crippen LogP contribution is 2.22. The van der Waals surface area contributed by atoms with Crippen LogP contribution in [0.3, 0.4) is 0 Å². The van der Waals surface area contributed by atoms with Crippen molar-refractivity contribution in [2.24, 2.45) is 17.5 Å². The molecule has 1 saturated heterocycles. The maximum atomic E-state index is 11.5. The number of hydrogen-bond acceptors (Lipinski definition) is 5. The van der Waals surface area contributed by atoms with E-state index in [9.17, 15) is 8.42 Å². The summed E-state index contributed by atoms with van der Waals surface area (Å²) in [5.41, 5.74) is 0.984. The number of aliphatic imine (C=N–C) groups is 1. The Labute approximate surface area is 192 Å². The number of piperidine rings is 1. The molecule has 1 unspecified atom stereocenters. The second kappa shape index (κ2) is 11.4. The van der Waals surface area contributed by atoms with Gasteiger partial charge < -0.3 is 15.5 Å². The van der Waals surface area contributed by atoms with Crippen molar-refractivity contribution in [2.75, 3.05) is 43.1 Å². The molecule has 0 radical (unpaired) electrons. The summed E-state index contributed by atoms with van der Waals surface area (Å²) in [6.45, 7) is 9.50. The fourth-order valence-electron chi connectivity index (χ4n) is 3.25. The van der Waals surface area contributed by atoms with Crippen LogP contribution in [-0.4, -0.2) is 68.4 Å². The Bertz CT molecular complexity index is 763. The number of anilines is 1. The van der Waals surface area contributed by atoms with E-state index in [1.54, 1.807) is 0 Å². The first kappa shape index (κ1) is 26.0. The zero-order valence-corrected chi connectivity index (χ0v) is 21.5. The van der Waals surface area contributed by atoms with Gasteiger partial charge in [-0.3, -0.25) is 9.67 Å². The number of rotatable bonds is 8. The summed E-state index contributed by atoms with van der Waals surface area (Å²) in [6.07, 6.45) is 8.06. The molecule has 1 aliphatic rings. The molecule has 29 heavy (non-hydrogen) atoms. The molecule has 2 N–H and O–H groups in total. The van der Waals surface area contributed by atoms with Crippen molar-refractivity contribution >= 4 is 45.5 Å². The summed E-state index contributed by atoms with van der Waals surface area (Å²) >= 11 is 0. The molecule has 2 heterocycles. The summed E-state index contributed by atoms with van der Waals surface area (Å²) < 4.78 is 24.7. The Kier molecular flexibility index (Phi) is 10.2. The second-order valence-corrected chi connectivity index (χ2v) is 10.8. The maximum absolute atomic E-state index is 11.5. The Balaban J connectivity index is 0.00000420.